The molecule has 0 aliphatic carbocycles. The Morgan fingerprint density at radius 2 is 1.48 bits per heavy atom. The van der Waals surface area contributed by atoms with Crippen LogP contribution in [0.2, 0.25) is 0 Å². The Balaban J connectivity index is 2.06. The molecule has 0 atom stereocenters. The average molecular weight is 300 g/mol. The van der Waals surface area contributed by atoms with Crippen molar-refractivity contribution in [2.24, 2.45) is 10.2 Å². The first-order valence-corrected chi connectivity index (χ1v) is 7.55. The Morgan fingerprint density at radius 1 is 0.952 bits per heavy atom. The van der Waals surface area contributed by atoms with Gasteiger partial charge in [-0.3, -0.25) is 0 Å². The third kappa shape index (κ3) is 4.23. The van der Waals surface area contributed by atoms with Crippen LogP contribution in [0.25, 0.3) is 0 Å². The lowest BCUT2D eigenvalue weighted by Crippen LogP contribution is -2.20. The quantitative estimate of drug-likeness (QED) is 0.454. The number of rotatable bonds is 6. The Bertz CT molecular complexity index is 574. The Hall–Kier alpha value is -2.01. The summed E-state index contributed by atoms with van der Waals surface area (Å²) in [6.45, 7) is 3.04. The highest BCUT2D eigenvalue weighted by Gasteiger charge is 2.01. The van der Waals surface area contributed by atoms with Crippen LogP contribution in [0.1, 0.15) is 6.92 Å². The molecule has 5 heteroatoms. The summed E-state index contributed by atoms with van der Waals surface area (Å²) in [5.41, 5.74) is 3.88. The second kappa shape index (κ2) is 7.69. The number of azo groups is 1. The van der Waals surface area contributed by atoms with E-state index in [1.807, 2.05) is 55.6 Å². The predicted octanol–water partition coefficient (Wildman–Crippen LogP) is 4.86. The predicted molar refractivity (Wildman–Crippen MR) is 93.5 cm³/mol. The molecule has 4 nitrogen and oxygen atoms in total. The van der Waals surface area contributed by atoms with Gasteiger partial charge in [0.25, 0.3) is 0 Å². The number of hydrogen-bond acceptors (Lipinski definition) is 5. The lowest BCUT2D eigenvalue weighted by Gasteiger charge is -2.20. The van der Waals surface area contributed by atoms with Crippen LogP contribution in [0, 0.1) is 0 Å². The van der Waals surface area contributed by atoms with Gasteiger partial charge < -0.3 is 10.2 Å². The molecule has 0 heterocycles. The Kier molecular flexibility index (Phi) is 5.63. The van der Waals surface area contributed by atoms with Crippen molar-refractivity contribution in [1.82, 2.24) is 0 Å². The second-order valence-electron chi connectivity index (χ2n) is 4.51. The highest BCUT2D eigenvalue weighted by Crippen LogP contribution is 2.23. The van der Waals surface area contributed by atoms with Crippen LogP contribution in [-0.2, 0) is 0 Å². The Labute approximate surface area is 131 Å². The van der Waals surface area contributed by atoms with E-state index in [9.17, 15) is 0 Å². The summed E-state index contributed by atoms with van der Waals surface area (Å²) in [4.78, 5) is 2.17. The highest BCUT2D eigenvalue weighted by atomic mass is 32.1. The van der Waals surface area contributed by atoms with E-state index < -0.39 is 0 Å². The maximum atomic E-state index is 4.32. The first-order valence-electron chi connectivity index (χ1n) is 6.92. The molecule has 0 unspecified atom stereocenters. The van der Waals surface area contributed by atoms with E-state index >= 15 is 0 Å². The number of hydrogen-bond donors (Lipinski definition) is 2. The minimum absolute atomic E-state index is 0.704. The first-order chi connectivity index (χ1) is 10.3. The summed E-state index contributed by atoms with van der Waals surface area (Å²) in [5, 5.41) is 11.6. The fourth-order valence-corrected chi connectivity index (χ4v) is 2.27. The van der Waals surface area contributed by atoms with E-state index in [1.165, 1.54) is 0 Å². The summed E-state index contributed by atoms with van der Waals surface area (Å²) >= 11 is 4.32. The molecule has 0 aliphatic rings. The van der Waals surface area contributed by atoms with Crippen LogP contribution in [0.4, 0.5) is 22.7 Å². The summed E-state index contributed by atoms with van der Waals surface area (Å²) in [6, 6.07) is 15.8. The zero-order chi connectivity index (χ0) is 15.1. The van der Waals surface area contributed by atoms with Crippen molar-refractivity contribution in [2.75, 3.05) is 29.7 Å². The van der Waals surface area contributed by atoms with Crippen molar-refractivity contribution >= 4 is 35.4 Å². The SMILES string of the molecule is CCN(CS)c1ccc(/N=N/c2ccc(NC)cc2)cc1. The fraction of sp³-hybridized carbons (Fsp3) is 0.250. The third-order valence-corrected chi connectivity index (χ3v) is 3.55. The molecular weight excluding hydrogens is 280 g/mol. The van der Waals surface area contributed by atoms with E-state index in [0.717, 1.165) is 29.3 Å². The fourth-order valence-electron chi connectivity index (χ4n) is 1.90. The zero-order valence-corrected chi connectivity index (χ0v) is 13.2. The molecule has 0 radical (unpaired) electrons. The molecule has 0 aliphatic heterocycles. The normalized spacial score (nSPS) is 10.8. The summed E-state index contributed by atoms with van der Waals surface area (Å²) in [7, 11) is 1.89. The van der Waals surface area contributed by atoms with Gasteiger partial charge in [-0.25, -0.2) is 0 Å². The summed E-state index contributed by atoms with van der Waals surface area (Å²) < 4.78 is 0. The van der Waals surface area contributed by atoms with Crippen LogP contribution < -0.4 is 10.2 Å². The van der Waals surface area contributed by atoms with Crippen molar-refractivity contribution in [3.63, 3.8) is 0 Å². The number of nitrogens with zero attached hydrogens (tertiary/aromatic N) is 3. The van der Waals surface area contributed by atoms with Gasteiger partial charge in [-0.05, 0) is 55.5 Å². The molecule has 2 aromatic rings. The number of benzene rings is 2. The zero-order valence-electron chi connectivity index (χ0n) is 12.3. The van der Waals surface area contributed by atoms with Gasteiger partial charge in [0.05, 0.1) is 17.3 Å². The van der Waals surface area contributed by atoms with Crippen molar-refractivity contribution in [3.05, 3.63) is 48.5 Å². The summed E-state index contributed by atoms with van der Waals surface area (Å²) in [5.74, 6) is 0.704. The number of nitrogens with one attached hydrogen (secondary N) is 1. The van der Waals surface area contributed by atoms with Gasteiger partial charge in [0.2, 0.25) is 0 Å². The topological polar surface area (TPSA) is 40.0 Å². The van der Waals surface area contributed by atoms with Crippen LogP contribution in [0.3, 0.4) is 0 Å². The molecule has 0 bridgehead atoms. The van der Waals surface area contributed by atoms with Crippen LogP contribution in [0.5, 0.6) is 0 Å². The molecule has 110 valence electrons. The minimum atomic E-state index is 0.704. The van der Waals surface area contributed by atoms with E-state index in [-0.39, 0.29) is 0 Å². The molecule has 1 N–H and O–H groups in total. The lowest BCUT2D eigenvalue weighted by molar-refractivity contribution is 0.949. The van der Waals surface area contributed by atoms with Gasteiger partial charge in [0.1, 0.15) is 0 Å². The minimum Gasteiger partial charge on any atom is -0.388 e. The molecule has 0 aromatic heterocycles. The molecule has 0 saturated heterocycles. The monoisotopic (exact) mass is 300 g/mol. The molecule has 2 rings (SSSR count). The van der Waals surface area contributed by atoms with Crippen molar-refractivity contribution in [2.45, 2.75) is 6.92 Å². The van der Waals surface area contributed by atoms with Crippen LogP contribution in [0.15, 0.2) is 58.8 Å². The van der Waals surface area contributed by atoms with Crippen molar-refractivity contribution < 1.29 is 0 Å². The molecule has 0 fully saturated rings. The number of anilines is 2. The molecule has 0 saturated carbocycles. The van der Waals surface area contributed by atoms with E-state index in [4.69, 9.17) is 0 Å². The molecule has 0 amide bonds. The molecule has 21 heavy (non-hydrogen) atoms. The van der Waals surface area contributed by atoms with Gasteiger partial charge in [0, 0.05) is 25.0 Å². The number of thiol groups is 1. The van der Waals surface area contributed by atoms with E-state index in [1.54, 1.807) is 0 Å². The summed E-state index contributed by atoms with van der Waals surface area (Å²) in [6.07, 6.45) is 0. The van der Waals surface area contributed by atoms with Gasteiger partial charge in [-0.15, -0.1) is 0 Å². The van der Waals surface area contributed by atoms with Crippen molar-refractivity contribution in [1.29, 1.82) is 0 Å². The highest BCUT2D eigenvalue weighted by molar-refractivity contribution is 7.80. The van der Waals surface area contributed by atoms with E-state index in [2.05, 4.69) is 40.0 Å². The second-order valence-corrected chi connectivity index (χ2v) is 4.79. The van der Waals surface area contributed by atoms with E-state index in [0.29, 0.717) is 5.88 Å². The molecule has 0 spiro atoms. The smallest absolute Gasteiger partial charge is 0.0858 e. The standard InChI is InChI=1S/C16H20N4S/c1-3-20(12-21)16-10-8-15(9-11-16)19-18-14-6-4-13(17-2)5-7-14/h4-11,17,21H,3,12H2,1-2H3/b19-18+. The maximum absolute atomic E-state index is 4.32. The third-order valence-electron chi connectivity index (χ3n) is 3.20. The van der Waals surface area contributed by atoms with Crippen molar-refractivity contribution in [3.8, 4) is 0 Å². The Morgan fingerprint density at radius 3 is 1.90 bits per heavy atom. The average Bonchev–Trinajstić information content (AvgIpc) is 2.55. The van der Waals surface area contributed by atoms with Gasteiger partial charge in [0.15, 0.2) is 0 Å². The molecular formula is C16H20N4S. The molecule has 2 aromatic carbocycles. The maximum Gasteiger partial charge on any atom is 0.0858 e. The lowest BCUT2D eigenvalue weighted by atomic mass is 10.2. The first kappa shape index (κ1) is 15.4. The van der Waals surface area contributed by atoms with Crippen LogP contribution in [-0.4, -0.2) is 19.5 Å². The van der Waals surface area contributed by atoms with Gasteiger partial charge in [-0.2, -0.15) is 22.9 Å². The van der Waals surface area contributed by atoms with Gasteiger partial charge in [-0.1, -0.05) is 0 Å². The largest absolute Gasteiger partial charge is 0.388 e. The van der Waals surface area contributed by atoms with Gasteiger partial charge >= 0.3 is 0 Å². The van der Waals surface area contributed by atoms with Crippen LogP contribution >= 0.6 is 12.6 Å².